The van der Waals surface area contributed by atoms with Crippen molar-refractivity contribution in [3.05, 3.63) is 54.1 Å². The summed E-state index contributed by atoms with van der Waals surface area (Å²) in [6.45, 7) is 5.55. The van der Waals surface area contributed by atoms with Crippen molar-refractivity contribution in [2.75, 3.05) is 22.2 Å². The fourth-order valence-corrected chi connectivity index (χ4v) is 5.92. The number of amides is 4. The van der Waals surface area contributed by atoms with E-state index in [0.29, 0.717) is 17.8 Å². The Morgan fingerprint density at radius 2 is 1.74 bits per heavy atom. The van der Waals surface area contributed by atoms with Crippen LogP contribution >= 0.6 is 0 Å². The topological polar surface area (TPSA) is 98.8 Å². The molecule has 4 amide bonds. The molecule has 2 aromatic carbocycles. The molecule has 0 bridgehead atoms. The zero-order valence-corrected chi connectivity index (χ0v) is 19.7. The number of fused-ring (bicyclic) bond motifs is 4. The molecule has 176 valence electrons. The highest BCUT2D eigenvalue weighted by Gasteiger charge is 2.71. The van der Waals surface area contributed by atoms with Crippen LogP contribution in [0.3, 0.4) is 0 Å². The molecule has 0 saturated carbocycles. The average molecular weight is 461 g/mol. The molecule has 2 aromatic rings. The minimum absolute atomic E-state index is 0.206. The van der Waals surface area contributed by atoms with Crippen LogP contribution < -0.4 is 20.4 Å². The third kappa shape index (κ3) is 3.01. The van der Waals surface area contributed by atoms with E-state index in [-0.39, 0.29) is 35.6 Å². The van der Waals surface area contributed by atoms with Gasteiger partial charge in [0.1, 0.15) is 5.54 Å². The quantitative estimate of drug-likeness (QED) is 0.684. The van der Waals surface area contributed by atoms with Gasteiger partial charge in [0.05, 0.1) is 17.5 Å². The molecule has 0 unspecified atom stereocenters. The van der Waals surface area contributed by atoms with Crippen molar-refractivity contribution in [2.45, 2.75) is 38.8 Å². The average Bonchev–Trinajstić information content (AvgIpc) is 3.33. The molecule has 2 saturated heterocycles. The standard InChI is InChI=1S/C26H28N4O4/c1-14(2)13-19-21-22(26(28-19)18-7-5-6-8-20(18)29(4)25(26)34)24(33)30(23(21)32)17-11-9-16(10-12-17)27-15(3)31/h5-12,14,19,21-22,28H,13H2,1-4H3,(H,27,31)/t19-,21+,22-,26-/m0/s1. The Labute approximate surface area is 198 Å². The lowest BCUT2D eigenvalue weighted by Gasteiger charge is -2.30. The highest BCUT2D eigenvalue weighted by Crippen LogP contribution is 2.55. The maximum Gasteiger partial charge on any atom is 0.252 e. The van der Waals surface area contributed by atoms with Gasteiger partial charge in [-0.3, -0.25) is 24.5 Å². The van der Waals surface area contributed by atoms with Crippen LogP contribution in [0.1, 0.15) is 32.8 Å². The molecule has 8 heteroatoms. The third-order valence-corrected chi connectivity index (χ3v) is 7.17. The van der Waals surface area contributed by atoms with Gasteiger partial charge >= 0.3 is 0 Å². The second kappa shape index (κ2) is 7.77. The second-order valence-corrected chi connectivity index (χ2v) is 9.81. The highest BCUT2D eigenvalue weighted by atomic mass is 16.2. The molecule has 0 aromatic heterocycles. The Bertz CT molecular complexity index is 1210. The minimum atomic E-state index is -1.27. The van der Waals surface area contributed by atoms with Gasteiger partial charge in [0.2, 0.25) is 17.7 Å². The van der Waals surface area contributed by atoms with Gasteiger partial charge in [-0.05, 0) is 42.7 Å². The number of hydrogen-bond donors (Lipinski definition) is 2. The first-order chi connectivity index (χ1) is 16.2. The number of carbonyl (C=O) groups excluding carboxylic acids is 4. The summed E-state index contributed by atoms with van der Waals surface area (Å²) in [4.78, 5) is 55.6. The minimum Gasteiger partial charge on any atom is -0.326 e. The predicted octanol–water partition coefficient (Wildman–Crippen LogP) is 2.64. The van der Waals surface area contributed by atoms with Crippen molar-refractivity contribution in [1.82, 2.24) is 5.32 Å². The summed E-state index contributed by atoms with van der Waals surface area (Å²) >= 11 is 0. The van der Waals surface area contributed by atoms with Gasteiger partial charge < -0.3 is 10.2 Å². The molecule has 3 heterocycles. The van der Waals surface area contributed by atoms with Gasteiger partial charge in [0, 0.05) is 37.0 Å². The SMILES string of the molecule is CC(=O)Nc1ccc(N2C(=O)[C@@H]3[C@H](CC(C)C)N[C@]4(C(=O)N(C)c5ccccc54)[C@@H]3C2=O)cc1. The zero-order chi connectivity index (χ0) is 24.4. The monoisotopic (exact) mass is 460 g/mol. The van der Waals surface area contributed by atoms with E-state index in [4.69, 9.17) is 0 Å². The molecule has 4 atom stereocenters. The van der Waals surface area contributed by atoms with Crippen LogP contribution in [0.2, 0.25) is 0 Å². The van der Waals surface area contributed by atoms with E-state index in [9.17, 15) is 19.2 Å². The summed E-state index contributed by atoms with van der Waals surface area (Å²) in [5.41, 5.74) is 1.24. The number of nitrogens with zero attached hydrogens (tertiary/aromatic N) is 2. The fraction of sp³-hybridized carbons (Fsp3) is 0.385. The van der Waals surface area contributed by atoms with Crippen molar-refractivity contribution >= 4 is 40.7 Å². The van der Waals surface area contributed by atoms with Gasteiger partial charge in [0.25, 0.3) is 5.91 Å². The van der Waals surface area contributed by atoms with Gasteiger partial charge in [-0.15, -0.1) is 0 Å². The van der Waals surface area contributed by atoms with E-state index in [1.807, 2.05) is 24.3 Å². The lowest BCUT2D eigenvalue weighted by molar-refractivity contribution is -0.131. The Kier molecular flexibility index (Phi) is 5.09. The predicted molar refractivity (Wildman–Crippen MR) is 128 cm³/mol. The summed E-state index contributed by atoms with van der Waals surface area (Å²) < 4.78 is 0. The number of imide groups is 1. The molecule has 34 heavy (non-hydrogen) atoms. The molecular formula is C26H28N4O4. The summed E-state index contributed by atoms with van der Waals surface area (Å²) in [5, 5.41) is 6.18. The maximum absolute atomic E-state index is 13.9. The number of rotatable bonds is 4. The normalized spacial score (nSPS) is 27.7. The van der Waals surface area contributed by atoms with E-state index < -0.39 is 17.4 Å². The number of nitrogens with one attached hydrogen (secondary N) is 2. The van der Waals surface area contributed by atoms with Crippen LogP contribution in [0.25, 0.3) is 0 Å². The van der Waals surface area contributed by atoms with E-state index in [2.05, 4.69) is 24.5 Å². The zero-order valence-electron chi connectivity index (χ0n) is 19.7. The number of anilines is 3. The number of hydrogen-bond acceptors (Lipinski definition) is 5. The summed E-state index contributed by atoms with van der Waals surface area (Å²) in [7, 11) is 1.71. The Hall–Kier alpha value is -3.52. The summed E-state index contributed by atoms with van der Waals surface area (Å²) in [6, 6.07) is 13.8. The molecule has 2 fully saturated rings. The molecule has 8 nitrogen and oxygen atoms in total. The largest absolute Gasteiger partial charge is 0.326 e. The van der Waals surface area contributed by atoms with Crippen molar-refractivity contribution < 1.29 is 19.2 Å². The molecule has 3 aliphatic heterocycles. The smallest absolute Gasteiger partial charge is 0.252 e. The summed E-state index contributed by atoms with van der Waals surface area (Å²) in [6.07, 6.45) is 0.663. The van der Waals surface area contributed by atoms with Crippen LogP contribution in [0.5, 0.6) is 0 Å². The maximum atomic E-state index is 13.9. The second-order valence-electron chi connectivity index (χ2n) is 9.81. The van der Waals surface area contributed by atoms with E-state index in [0.717, 1.165) is 11.3 Å². The first-order valence-electron chi connectivity index (χ1n) is 11.6. The fourth-order valence-electron chi connectivity index (χ4n) is 5.92. The van der Waals surface area contributed by atoms with Crippen LogP contribution in [-0.4, -0.2) is 36.7 Å². The molecule has 2 N–H and O–H groups in total. The van der Waals surface area contributed by atoms with Crippen molar-refractivity contribution in [3.63, 3.8) is 0 Å². The van der Waals surface area contributed by atoms with Gasteiger partial charge in [-0.2, -0.15) is 0 Å². The van der Waals surface area contributed by atoms with Crippen LogP contribution in [0.4, 0.5) is 17.1 Å². The van der Waals surface area contributed by atoms with E-state index >= 15 is 0 Å². The molecule has 0 aliphatic carbocycles. The number of likely N-dealkylation sites (N-methyl/N-ethyl adjacent to an activating group) is 1. The van der Waals surface area contributed by atoms with Crippen LogP contribution in [0, 0.1) is 17.8 Å². The lowest BCUT2D eigenvalue weighted by atomic mass is 9.76. The lowest BCUT2D eigenvalue weighted by Crippen LogP contribution is -2.54. The summed E-state index contributed by atoms with van der Waals surface area (Å²) in [5.74, 6) is -2.30. The molecule has 1 spiro atoms. The molecule has 3 aliphatic rings. The van der Waals surface area contributed by atoms with Crippen LogP contribution in [-0.2, 0) is 24.7 Å². The first-order valence-corrected chi connectivity index (χ1v) is 11.6. The van der Waals surface area contributed by atoms with Crippen molar-refractivity contribution in [2.24, 2.45) is 17.8 Å². The molecule has 0 radical (unpaired) electrons. The van der Waals surface area contributed by atoms with E-state index in [1.54, 1.807) is 36.2 Å². The third-order valence-electron chi connectivity index (χ3n) is 7.17. The Morgan fingerprint density at radius 3 is 2.38 bits per heavy atom. The molecule has 5 rings (SSSR count). The van der Waals surface area contributed by atoms with Gasteiger partial charge in [-0.25, -0.2) is 4.90 Å². The van der Waals surface area contributed by atoms with Gasteiger partial charge in [0.15, 0.2) is 0 Å². The first kappa shape index (κ1) is 22.3. The van der Waals surface area contributed by atoms with E-state index in [1.165, 1.54) is 11.8 Å². The highest BCUT2D eigenvalue weighted by molar-refractivity contribution is 6.26. The van der Waals surface area contributed by atoms with Crippen molar-refractivity contribution in [3.8, 4) is 0 Å². The van der Waals surface area contributed by atoms with Gasteiger partial charge in [-0.1, -0.05) is 32.0 Å². The number of para-hydroxylation sites is 1. The Balaban J connectivity index is 1.61. The number of benzene rings is 2. The van der Waals surface area contributed by atoms with Crippen molar-refractivity contribution in [1.29, 1.82) is 0 Å². The number of carbonyl (C=O) groups is 4. The van der Waals surface area contributed by atoms with Crippen LogP contribution in [0.15, 0.2) is 48.5 Å². The molecular weight excluding hydrogens is 432 g/mol. The Morgan fingerprint density at radius 1 is 1.06 bits per heavy atom.